The maximum absolute atomic E-state index is 11.7. The molecule has 0 saturated carbocycles. The van der Waals surface area contributed by atoms with Crippen LogP contribution in [0.3, 0.4) is 0 Å². The summed E-state index contributed by atoms with van der Waals surface area (Å²) < 4.78 is 5.17. The summed E-state index contributed by atoms with van der Waals surface area (Å²) in [5, 5.41) is 3.34. The van der Waals surface area contributed by atoms with E-state index in [0.29, 0.717) is 0 Å². The van der Waals surface area contributed by atoms with E-state index >= 15 is 0 Å². The number of carbonyl (C=O) groups is 1. The van der Waals surface area contributed by atoms with Crippen molar-refractivity contribution in [2.24, 2.45) is 0 Å². The van der Waals surface area contributed by atoms with Crippen LogP contribution < -0.4 is 5.32 Å². The molecular formula is C17H19N3O2. The molecule has 114 valence electrons. The first-order valence-electron chi connectivity index (χ1n) is 7.45. The lowest BCUT2D eigenvalue weighted by molar-refractivity contribution is -0.142. The molecule has 0 unspecified atom stereocenters. The quantitative estimate of drug-likeness (QED) is 0.878. The van der Waals surface area contributed by atoms with Crippen LogP contribution >= 0.6 is 0 Å². The highest BCUT2D eigenvalue weighted by molar-refractivity contribution is 5.78. The number of hydrogen-bond donors (Lipinski definition) is 1. The Morgan fingerprint density at radius 1 is 1.18 bits per heavy atom. The van der Waals surface area contributed by atoms with Gasteiger partial charge in [-0.15, -0.1) is 0 Å². The normalized spacial score (nSPS) is 22.4. The molecule has 3 rings (SSSR count). The molecule has 0 aliphatic carbocycles. The molecule has 0 bridgehead atoms. The van der Waals surface area contributed by atoms with Gasteiger partial charge in [0, 0.05) is 30.4 Å². The topological polar surface area (TPSA) is 64.1 Å². The molecule has 1 aliphatic rings. The number of hydrogen-bond acceptors (Lipinski definition) is 5. The van der Waals surface area contributed by atoms with E-state index < -0.39 is 0 Å². The van der Waals surface area contributed by atoms with Crippen LogP contribution in [0.5, 0.6) is 0 Å². The predicted molar refractivity (Wildman–Crippen MR) is 83.0 cm³/mol. The third kappa shape index (κ3) is 3.14. The van der Waals surface area contributed by atoms with Crippen LogP contribution in [-0.2, 0) is 9.53 Å². The van der Waals surface area contributed by atoms with Gasteiger partial charge in [-0.1, -0.05) is 24.3 Å². The Bertz CT molecular complexity index is 643. The minimum atomic E-state index is -0.216. The van der Waals surface area contributed by atoms with Gasteiger partial charge in [-0.2, -0.15) is 0 Å². The van der Waals surface area contributed by atoms with Crippen molar-refractivity contribution >= 4 is 5.97 Å². The van der Waals surface area contributed by atoms with E-state index in [9.17, 15) is 4.79 Å². The molecule has 1 saturated heterocycles. The smallest absolute Gasteiger partial charge is 0.323 e. The van der Waals surface area contributed by atoms with Crippen molar-refractivity contribution in [2.45, 2.75) is 38.5 Å². The predicted octanol–water partition coefficient (Wildman–Crippen LogP) is 2.50. The second-order valence-electron chi connectivity index (χ2n) is 5.67. The maximum Gasteiger partial charge on any atom is 0.323 e. The van der Waals surface area contributed by atoms with E-state index in [2.05, 4.69) is 34.3 Å². The van der Waals surface area contributed by atoms with Crippen molar-refractivity contribution in [1.29, 1.82) is 0 Å². The van der Waals surface area contributed by atoms with Crippen molar-refractivity contribution in [3.05, 3.63) is 48.5 Å². The second-order valence-corrected chi connectivity index (χ2v) is 5.67. The van der Waals surface area contributed by atoms with Gasteiger partial charge in [-0.3, -0.25) is 10.1 Å². The van der Waals surface area contributed by atoms with E-state index in [1.165, 1.54) is 6.33 Å². The van der Waals surface area contributed by atoms with Gasteiger partial charge in [0.15, 0.2) is 0 Å². The molecule has 0 radical (unpaired) electrons. The monoisotopic (exact) mass is 297 g/mol. The molecule has 5 nitrogen and oxygen atoms in total. The summed E-state index contributed by atoms with van der Waals surface area (Å²) in [5.41, 5.74) is 3.20. The summed E-state index contributed by atoms with van der Waals surface area (Å²) in [7, 11) is 0. The van der Waals surface area contributed by atoms with Crippen molar-refractivity contribution < 1.29 is 9.53 Å². The average molecular weight is 297 g/mol. The molecule has 1 aromatic carbocycles. The van der Waals surface area contributed by atoms with Gasteiger partial charge in [-0.25, -0.2) is 9.97 Å². The van der Waals surface area contributed by atoms with Gasteiger partial charge in [0.25, 0.3) is 0 Å². The highest BCUT2D eigenvalue weighted by Gasteiger charge is 2.32. The minimum Gasteiger partial charge on any atom is -0.461 e. The lowest BCUT2D eigenvalue weighted by Gasteiger charge is -2.17. The van der Waals surface area contributed by atoms with E-state index in [1.54, 1.807) is 12.4 Å². The van der Waals surface area contributed by atoms with Gasteiger partial charge in [0.2, 0.25) is 0 Å². The van der Waals surface area contributed by atoms with Crippen LogP contribution in [0.4, 0.5) is 0 Å². The summed E-state index contributed by atoms with van der Waals surface area (Å²) in [6.45, 7) is 3.97. The SMILES string of the molecule is C[C@@H]1C[C@H](N[C@@H](C)c2ccc(-c3cncnc3)cc2)C(=O)O1. The molecule has 1 fully saturated rings. The van der Waals surface area contributed by atoms with Crippen molar-refractivity contribution in [3.63, 3.8) is 0 Å². The Kier molecular flexibility index (Phi) is 4.15. The number of ether oxygens (including phenoxy) is 1. The second kappa shape index (κ2) is 6.23. The van der Waals surface area contributed by atoms with E-state index in [4.69, 9.17) is 4.74 Å². The fourth-order valence-corrected chi connectivity index (χ4v) is 2.70. The number of nitrogens with zero attached hydrogens (tertiary/aromatic N) is 2. The molecule has 3 atom stereocenters. The van der Waals surface area contributed by atoms with Gasteiger partial charge in [0.05, 0.1) is 0 Å². The molecule has 1 N–H and O–H groups in total. The Morgan fingerprint density at radius 2 is 1.86 bits per heavy atom. The van der Waals surface area contributed by atoms with Gasteiger partial charge >= 0.3 is 5.97 Å². The Morgan fingerprint density at radius 3 is 2.45 bits per heavy atom. The fourth-order valence-electron chi connectivity index (χ4n) is 2.70. The fraction of sp³-hybridized carbons (Fsp3) is 0.353. The van der Waals surface area contributed by atoms with E-state index in [-0.39, 0.29) is 24.2 Å². The highest BCUT2D eigenvalue weighted by atomic mass is 16.6. The minimum absolute atomic E-state index is 0.00217. The number of carbonyl (C=O) groups excluding carboxylic acids is 1. The number of nitrogens with one attached hydrogen (secondary N) is 1. The zero-order chi connectivity index (χ0) is 15.5. The summed E-state index contributed by atoms with van der Waals surface area (Å²) in [5.74, 6) is -0.155. The van der Waals surface area contributed by atoms with Crippen LogP contribution in [0, 0.1) is 0 Å². The standard InChI is InChI=1S/C17H19N3O2/c1-11-7-16(17(21)22-11)20-12(2)13-3-5-14(6-4-13)15-8-18-10-19-9-15/h3-6,8-12,16,20H,7H2,1-2H3/t11-,12+,16+/m1/s1. The first-order valence-corrected chi connectivity index (χ1v) is 7.45. The molecule has 2 heterocycles. The Balaban J connectivity index is 1.69. The Labute approximate surface area is 129 Å². The van der Waals surface area contributed by atoms with Crippen LogP contribution in [0.15, 0.2) is 43.0 Å². The molecular weight excluding hydrogens is 278 g/mol. The summed E-state index contributed by atoms with van der Waals surface area (Å²) in [4.78, 5) is 19.7. The van der Waals surface area contributed by atoms with Gasteiger partial charge in [0.1, 0.15) is 18.5 Å². The summed E-state index contributed by atoms with van der Waals surface area (Å²) in [6, 6.07) is 8.08. The van der Waals surface area contributed by atoms with Gasteiger partial charge in [-0.05, 0) is 25.0 Å². The molecule has 0 amide bonds. The third-order valence-corrected chi connectivity index (χ3v) is 3.93. The molecule has 0 spiro atoms. The van der Waals surface area contributed by atoms with Crippen molar-refractivity contribution in [1.82, 2.24) is 15.3 Å². The number of esters is 1. The number of aromatic nitrogens is 2. The maximum atomic E-state index is 11.7. The first-order chi connectivity index (χ1) is 10.6. The summed E-state index contributed by atoms with van der Waals surface area (Å²) >= 11 is 0. The van der Waals surface area contributed by atoms with E-state index in [1.807, 2.05) is 19.1 Å². The number of cyclic esters (lactones) is 1. The highest BCUT2D eigenvalue weighted by Crippen LogP contribution is 2.22. The lowest BCUT2D eigenvalue weighted by Crippen LogP contribution is -2.35. The van der Waals surface area contributed by atoms with Crippen molar-refractivity contribution in [2.75, 3.05) is 0 Å². The zero-order valence-corrected chi connectivity index (χ0v) is 12.7. The van der Waals surface area contributed by atoms with Crippen LogP contribution in [-0.4, -0.2) is 28.1 Å². The van der Waals surface area contributed by atoms with E-state index in [0.717, 1.165) is 23.1 Å². The number of rotatable bonds is 4. The van der Waals surface area contributed by atoms with Crippen LogP contribution in [0.25, 0.3) is 11.1 Å². The van der Waals surface area contributed by atoms with Crippen LogP contribution in [0.1, 0.15) is 31.9 Å². The Hall–Kier alpha value is -2.27. The molecule has 1 aromatic heterocycles. The molecule has 5 heteroatoms. The number of benzene rings is 1. The summed E-state index contributed by atoms with van der Waals surface area (Å²) in [6.07, 6.45) is 5.82. The van der Waals surface area contributed by atoms with Crippen LogP contribution in [0.2, 0.25) is 0 Å². The third-order valence-electron chi connectivity index (χ3n) is 3.93. The zero-order valence-electron chi connectivity index (χ0n) is 12.7. The largest absolute Gasteiger partial charge is 0.461 e. The average Bonchev–Trinajstić information content (AvgIpc) is 2.86. The van der Waals surface area contributed by atoms with Gasteiger partial charge < -0.3 is 4.74 Å². The van der Waals surface area contributed by atoms with Crippen molar-refractivity contribution in [3.8, 4) is 11.1 Å². The lowest BCUT2D eigenvalue weighted by atomic mass is 10.0. The molecule has 1 aliphatic heterocycles. The first kappa shape index (κ1) is 14.7. The molecule has 2 aromatic rings. The molecule has 22 heavy (non-hydrogen) atoms.